The molecule has 2 aromatic carbocycles. The first kappa shape index (κ1) is 27.4. The smallest absolute Gasteiger partial charge is 0.217 e. The van der Waals surface area contributed by atoms with Gasteiger partial charge in [-0.25, -0.2) is 13.5 Å². The van der Waals surface area contributed by atoms with Crippen molar-refractivity contribution in [1.29, 1.82) is 0 Å². The zero-order valence-electron chi connectivity index (χ0n) is 21.5. The molecule has 38 heavy (non-hydrogen) atoms. The van der Waals surface area contributed by atoms with Crippen LogP contribution in [0.4, 0.5) is 8.78 Å². The summed E-state index contributed by atoms with van der Waals surface area (Å²) < 4.78 is 29.3. The normalized spacial score (nSPS) is 18.9. The van der Waals surface area contributed by atoms with Crippen molar-refractivity contribution in [3.8, 4) is 5.69 Å². The van der Waals surface area contributed by atoms with Crippen molar-refractivity contribution in [2.24, 2.45) is 0 Å². The fourth-order valence-electron chi connectivity index (χ4n) is 4.94. The summed E-state index contributed by atoms with van der Waals surface area (Å²) in [5.41, 5.74) is 5.63. The van der Waals surface area contributed by atoms with Crippen LogP contribution >= 0.6 is 0 Å². The van der Waals surface area contributed by atoms with Gasteiger partial charge in [0.05, 0.1) is 24.9 Å². The van der Waals surface area contributed by atoms with Crippen molar-refractivity contribution >= 4 is 5.91 Å². The zero-order valence-corrected chi connectivity index (χ0v) is 21.5. The Labute approximate surface area is 220 Å². The number of benzene rings is 2. The summed E-state index contributed by atoms with van der Waals surface area (Å²) in [6.45, 7) is 1.48. The number of halogens is 2. The predicted octanol–water partition coefficient (Wildman–Crippen LogP) is 3.26. The Balaban J connectivity index is 1.57. The van der Waals surface area contributed by atoms with Crippen LogP contribution in [0.25, 0.3) is 5.69 Å². The van der Waals surface area contributed by atoms with Crippen LogP contribution in [-0.2, 0) is 21.6 Å². The van der Waals surface area contributed by atoms with Crippen molar-refractivity contribution in [2.75, 3.05) is 13.7 Å². The average molecular weight is 526 g/mol. The quantitative estimate of drug-likeness (QED) is 0.287. The van der Waals surface area contributed by atoms with Gasteiger partial charge in [0.2, 0.25) is 5.91 Å². The average Bonchev–Trinajstić information content (AvgIpc) is 3.43. The van der Waals surface area contributed by atoms with Gasteiger partial charge in [0, 0.05) is 43.2 Å². The fraction of sp³-hybridized carbons (Fsp3) is 0.357. The molecular formula is C28H33F2N5O3. The number of nitrogens with one attached hydrogen (secondary N) is 3. The third-order valence-electron chi connectivity index (χ3n) is 6.80. The van der Waals surface area contributed by atoms with Gasteiger partial charge in [-0.15, -0.1) is 0 Å². The minimum atomic E-state index is -1.03. The molecule has 1 aliphatic carbocycles. The molecule has 8 nitrogen and oxygen atoms in total. The molecule has 0 aliphatic heterocycles. The standard InChI is InChI=1S/C28H33F2N5O3/c1-19(36)33-26(15-20-13-22(29)17-23(30)14-20)27(37)18-31-28(9-7-24(8-10-28)34-38-2)21-5-3-6-25(16-21)35-12-4-11-32-35/h3-7,11-14,16-17,26-27,31,34,37H,8-10,15,18H2,1-2H3,(H,33,36). The number of rotatable bonds is 11. The Kier molecular flexibility index (Phi) is 8.88. The van der Waals surface area contributed by atoms with E-state index >= 15 is 0 Å². The molecule has 0 bridgehead atoms. The van der Waals surface area contributed by atoms with Gasteiger partial charge in [0.1, 0.15) is 11.6 Å². The summed E-state index contributed by atoms with van der Waals surface area (Å²) in [6.07, 6.45) is 6.74. The van der Waals surface area contributed by atoms with Gasteiger partial charge in [0.25, 0.3) is 0 Å². The molecular weight excluding hydrogens is 492 g/mol. The first-order valence-electron chi connectivity index (χ1n) is 12.5. The number of amides is 1. The lowest BCUT2D eigenvalue weighted by molar-refractivity contribution is -0.120. The zero-order chi connectivity index (χ0) is 27.1. The molecule has 0 saturated carbocycles. The number of allylic oxidation sites excluding steroid dienone is 1. The van der Waals surface area contributed by atoms with Gasteiger partial charge in [-0.2, -0.15) is 5.10 Å². The van der Waals surface area contributed by atoms with E-state index in [0.29, 0.717) is 24.8 Å². The maximum atomic E-state index is 13.8. The topological polar surface area (TPSA) is 100 Å². The Morgan fingerprint density at radius 3 is 2.63 bits per heavy atom. The fourth-order valence-corrected chi connectivity index (χ4v) is 4.94. The van der Waals surface area contributed by atoms with Crippen molar-refractivity contribution in [3.05, 3.63) is 95.5 Å². The molecule has 0 fully saturated rings. The van der Waals surface area contributed by atoms with Gasteiger partial charge in [-0.1, -0.05) is 18.2 Å². The third kappa shape index (κ3) is 6.83. The van der Waals surface area contributed by atoms with Crippen LogP contribution in [0.15, 0.2) is 72.7 Å². The van der Waals surface area contributed by atoms with E-state index in [-0.39, 0.29) is 18.9 Å². The molecule has 1 aliphatic rings. The lowest BCUT2D eigenvalue weighted by Gasteiger charge is -2.39. The van der Waals surface area contributed by atoms with Crippen LogP contribution < -0.4 is 16.1 Å². The molecule has 202 valence electrons. The molecule has 0 radical (unpaired) electrons. The minimum Gasteiger partial charge on any atom is -0.390 e. The van der Waals surface area contributed by atoms with E-state index in [2.05, 4.69) is 33.4 Å². The van der Waals surface area contributed by atoms with Crippen LogP contribution in [0, 0.1) is 11.6 Å². The maximum absolute atomic E-state index is 13.8. The second-order valence-corrected chi connectivity index (χ2v) is 9.56. The summed E-state index contributed by atoms with van der Waals surface area (Å²) in [6, 6.07) is 12.4. The molecule has 10 heteroatoms. The lowest BCUT2D eigenvalue weighted by atomic mass is 9.78. The van der Waals surface area contributed by atoms with Gasteiger partial charge >= 0.3 is 0 Å². The van der Waals surface area contributed by atoms with Crippen LogP contribution in [0.1, 0.15) is 37.3 Å². The predicted molar refractivity (Wildman–Crippen MR) is 139 cm³/mol. The molecule has 4 N–H and O–H groups in total. The molecule has 3 aromatic rings. The highest BCUT2D eigenvalue weighted by molar-refractivity contribution is 5.73. The minimum absolute atomic E-state index is 0.0701. The van der Waals surface area contributed by atoms with E-state index in [1.807, 2.05) is 30.5 Å². The summed E-state index contributed by atoms with van der Waals surface area (Å²) in [5, 5.41) is 21.8. The maximum Gasteiger partial charge on any atom is 0.217 e. The van der Waals surface area contributed by atoms with Gasteiger partial charge in [-0.05, 0) is 67.1 Å². The van der Waals surface area contributed by atoms with Crippen LogP contribution in [0.3, 0.4) is 0 Å². The molecule has 0 spiro atoms. The monoisotopic (exact) mass is 525 g/mol. The third-order valence-corrected chi connectivity index (χ3v) is 6.80. The number of hydroxylamine groups is 1. The molecule has 1 aromatic heterocycles. The van der Waals surface area contributed by atoms with Gasteiger partial charge < -0.3 is 15.7 Å². The number of aliphatic hydroxyl groups is 1. The number of hydrogen-bond donors (Lipinski definition) is 4. The Hall–Kier alpha value is -3.60. The molecule has 4 rings (SSSR count). The molecule has 3 atom stereocenters. The van der Waals surface area contributed by atoms with Crippen LogP contribution in [-0.4, -0.2) is 46.6 Å². The van der Waals surface area contributed by atoms with E-state index in [9.17, 15) is 18.7 Å². The van der Waals surface area contributed by atoms with E-state index in [1.165, 1.54) is 19.1 Å². The second kappa shape index (κ2) is 12.3. The van der Waals surface area contributed by atoms with Crippen molar-refractivity contribution in [1.82, 2.24) is 25.9 Å². The number of carbonyl (C=O) groups excluding carboxylic acids is 1. The Morgan fingerprint density at radius 1 is 1.21 bits per heavy atom. The largest absolute Gasteiger partial charge is 0.390 e. The first-order valence-corrected chi connectivity index (χ1v) is 12.5. The number of carbonyl (C=O) groups is 1. The number of aromatic nitrogens is 2. The highest BCUT2D eigenvalue weighted by Gasteiger charge is 2.35. The number of hydrogen-bond acceptors (Lipinski definition) is 6. The SMILES string of the molecule is CONC1=CCC(NCC(O)C(Cc2cc(F)cc(F)c2)NC(C)=O)(c2cccc(-n3cccn3)c2)CC1. The van der Waals surface area contributed by atoms with E-state index in [0.717, 1.165) is 23.0 Å². The van der Waals surface area contributed by atoms with Gasteiger partial charge in [0.15, 0.2) is 0 Å². The van der Waals surface area contributed by atoms with E-state index in [4.69, 9.17) is 4.84 Å². The molecule has 0 saturated heterocycles. The first-order chi connectivity index (χ1) is 18.3. The van der Waals surface area contributed by atoms with Gasteiger partial charge in [-0.3, -0.25) is 15.1 Å². The summed E-state index contributed by atoms with van der Waals surface area (Å²) in [5.74, 6) is -1.76. The summed E-state index contributed by atoms with van der Waals surface area (Å²) in [4.78, 5) is 17.0. The molecule has 1 amide bonds. The van der Waals surface area contributed by atoms with Crippen molar-refractivity contribution < 1.29 is 23.5 Å². The second-order valence-electron chi connectivity index (χ2n) is 9.56. The van der Waals surface area contributed by atoms with Crippen LogP contribution in [0.2, 0.25) is 0 Å². The number of nitrogens with zero attached hydrogens (tertiary/aromatic N) is 2. The van der Waals surface area contributed by atoms with E-state index < -0.39 is 29.3 Å². The highest BCUT2D eigenvalue weighted by Crippen LogP contribution is 2.37. The van der Waals surface area contributed by atoms with Crippen LogP contribution in [0.5, 0.6) is 0 Å². The lowest BCUT2D eigenvalue weighted by Crippen LogP contribution is -2.53. The number of aliphatic hydroxyl groups excluding tert-OH is 1. The summed E-state index contributed by atoms with van der Waals surface area (Å²) in [7, 11) is 1.57. The Bertz CT molecular complexity index is 1250. The molecule has 3 unspecified atom stereocenters. The molecule has 1 heterocycles. The summed E-state index contributed by atoms with van der Waals surface area (Å²) >= 11 is 0. The van der Waals surface area contributed by atoms with E-state index in [1.54, 1.807) is 18.0 Å². The van der Waals surface area contributed by atoms with Crippen molar-refractivity contribution in [2.45, 2.75) is 50.3 Å². The Morgan fingerprint density at radius 2 is 2.00 bits per heavy atom. The highest BCUT2D eigenvalue weighted by atomic mass is 19.1. The van der Waals surface area contributed by atoms with Crippen molar-refractivity contribution in [3.63, 3.8) is 0 Å².